The summed E-state index contributed by atoms with van der Waals surface area (Å²) in [7, 11) is 1.71. The van der Waals surface area contributed by atoms with Crippen LogP contribution in [0.5, 0.6) is 0 Å². The maximum Gasteiger partial charge on any atom is 0.176 e. The van der Waals surface area contributed by atoms with Crippen LogP contribution in [-0.4, -0.2) is 26.2 Å². The fourth-order valence-corrected chi connectivity index (χ4v) is 1.63. The molecule has 0 amide bonds. The molecule has 1 unspecified atom stereocenters. The van der Waals surface area contributed by atoms with Gasteiger partial charge >= 0.3 is 0 Å². The quantitative estimate of drug-likeness (QED) is 0.836. The van der Waals surface area contributed by atoms with E-state index < -0.39 is 0 Å². The Labute approximate surface area is 98.4 Å². The molecule has 0 fully saturated rings. The van der Waals surface area contributed by atoms with Crippen molar-refractivity contribution in [3.63, 3.8) is 0 Å². The van der Waals surface area contributed by atoms with Crippen LogP contribution < -0.4 is 5.73 Å². The Bertz CT molecular complexity index is 479. The lowest BCUT2D eigenvalue weighted by atomic mass is 10.0. The number of hydrogen-bond donors (Lipinski definition) is 1. The van der Waals surface area contributed by atoms with E-state index in [1.807, 2.05) is 0 Å². The molecule has 90 valence electrons. The van der Waals surface area contributed by atoms with Crippen LogP contribution in [0.4, 0.5) is 4.39 Å². The van der Waals surface area contributed by atoms with Gasteiger partial charge in [0, 0.05) is 12.5 Å². The van der Waals surface area contributed by atoms with Gasteiger partial charge in [-0.3, -0.25) is 0 Å². The zero-order chi connectivity index (χ0) is 12.3. The molecule has 0 aliphatic heterocycles. The highest BCUT2D eigenvalue weighted by atomic mass is 19.1. The summed E-state index contributed by atoms with van der Waals surface area (Å²) in [5.41, 5.74) is 6.98. The van der Waals surface area contributed by atoms with E-state index in [0.717, 1.165) is 5.56 Å². The van der Waals surface area contributed by atoms with E-state index in [-0.39, 0.29) is 11.9 Å². The highest BCUT2D eigenvalue weighted by Crippen LogP contribution is 2.06. The van der Waals surface area contributed by atoms with Gasteiger partial charge in [0.15, 0.2) is 5.82 Å². The second kappa shape index (κ2) is 5.01. The lowest BCUT2D eigenvalue weighted by molar-refractivity contribution is 0.611. The topological polar surface area (TPSA) is 69.6 Å². The Kier molecular flexibility index (Phi) is 3.43. The lowest BCUT2D eigenvalue weighted by Gasteiger charge is -2.08. The molecule has 1 aromatic heterocycles. The van der Waals surface area contributed by atoms with E-state index >= 15 is 0 Å². The van der Waals surface area contributed by atoms with Gasteiger partial charge in [-0.2, -0.15) is 4.80 Å². The van der Waals surface area contributed by atoms with Crippen molar-refractivity contribution in [3.8, 4) is 0 Å². The summed E-state index contributed by atoms with van der Waals surface area (Å²) in [5.74, 6) is 0.389. The summed E-state index contributed by atoms with van der Waals surface area (Å²) >= 11 is 0. The third-order valence-corrected chi connectivity index (χ3v) is 2.41. The van der Waals surface area contributed by atoms with Crippen LogP contribution in [0.2, 0.25) is 0 Å². The van der Waals surface area contributed by atoms with E-state index in [2.05, 4.69) is 15.4 Å². The molecule has 0 saturated carbocycles. The number of rotatable bonds is 4. The van der Waals surface area contributed by atoms with E-state index in [9.17, 15) is 4.39 Å². The fourth-order valence-electron chi connectivity index (χ4n) is 1.63. The van der Waals surface area contributed by atoms with Gasteiger partial charge in [0.25, 0.3) is 0 Å². The minimum absolute atomic E-state index is 0.0929. The van der Waals surface area contributed by atoms with Crippen LogP contribution >= 0.6 is 0 Å². The molecule has 2 rings (SSSR count). The minimum Gasteiger partial charge on any atom is -0.327 e. The number of benzene rings is 1. The first-order valence-electron chi connectivity index (χ1n) is 5.36. The Morgan fingerprint density at radius 2 is 2.00 bits per heavy atom. The number of aryl methyl sites for hydroxylation is 1. The van der Waals surface area contributed by atoms with Crippen molar-refractivity contribution >= 4 is 0 Å². The average molecular weight is 235 g/mol. The average Bonchev–Trinajstić information content (AvgIpc) is 2.67. The van der Waals surface area contributed by atoms with Gasteiger partial charge in [-0.25, -0.2) is 4.39 Å². The standard InChI is InChI=1S/C11H14FN5/c1-17-15-11(14-16-17)7-10(13)6-8-2-4-9(12)5-3-8/h2-5,10H,6-7,13H2,1H3. The largest absolute Gasteiger partial charge is 0.327 e. The van der Waals surface area contributed by atoms with Gasteiger partial charge in [-0.05, 0) is 29.3 Å². The predicted molar refractivity (Wildman–Crippen MR) is 60.6 cm³/mol. The van der Waals surface area contributed by atoms with Crippen LogP contribution in [0.25, 0.3) is 0 Å². The van der Waals surface area contributed by atoms with Crippen LogP contribution in [0.3, 0.4) is 0 Å². The molecule has 0 bridgehead atoms. The first-order valence-corrected chi connectivity index (χ1v) is 5.36. The summed E-state index contributed by atoms with van der Waals surface area (Å²) in [4.78, 5) is 1.40. The van der Waals surface area contributed by atoms with Crippen LogP contribution in [0.15, 0.2) is 24.3 Å². The third kappa shape index (κ3) is 3.32. The number of nitrogens with zero attached hydrogens (tertiary/aromatic N) is 4. The zero-order valence-electron chi connectivity index (χ0n) is 9.55. The van der Waals surface area contributed by atoms with Gasteiger partial charge in [-0.1, -0.05) is 12.1 Å². The molecule has 0 saturated heterocycles. The van der Waals surface area contributed by atoms with Crippen LogP contribution in [-0.2, 0) is 19.9 Å². The first-order chi connectivity index (χ1) is 8.13. The van der Waals surface area contributed by atoms with Crippen LogP contribution in [0, 0.1) is 5.82 Å². The van der Waals surface area contributed by atoms with Gasteiger partial charge in [0.2, 0.25) is 0 Å². The lowest BCUT2D eigenvalue weighted by Crippen LogP contribution is -2.26. The molecule has 0 spiro atoms. The molecule has 1 aromatic carbocycles. The van der Waals surface area contributed by atoms with Crippen LogP contribution in [0.1, 0.15) is 11.4 Å². The number of aromatic nitrogens is 4. The highest BCUT2D eigenvalue weighted by Gasteiger charge is 2.09. The maximum absolute atomic E-state index is 12.7. The molecule has 2 N–H and O–H groups in total. The highest BCUT2D eigenvalue weighted by molar-refractivity contribution is 5.17. The molecular formula is C11H14FN5. The number of hydrogen-bond acceptors (Lipinski definition) is 4. The van der Waals surface area contributed by atoms with E-state index in [4.69, 9.17) is 5.73 Å². The van der Waals surface area contributed by atoms with Gasteiger partial charge in [0.05, 0.1) is 7.05 Å². The minimum atomic E-state index is -0.238. The fraction of sp³-hybridized carbons (Fsp3) is 0.364. The van der Waals surface area contributed by atoms with Crippen molar-refractivity contribution in [3.05, 3.63) is 41.5 Å². The molecule has 1 atom stereocenters. The summed E-state index contributed by atoms with van der Waals surface area (Å²) < 4.78 is 12.7. The molecule has 0 aliphatic rings. The Balaban J connectivity index is 1.93. The first kappa shape index (κ1) is 11.7. The van der Waals surface area contributed by atoms with Crippen molar-refractivity contribution in [2.24, 2.45) is 12.8 Å². The second-order valence-corrected chi connectivity index (χ2v) is 3.99. The molecule has 6 heteroatoms. The SMILES string of the molecule is Cn1nnc(CC(N)Cc2ccc(F)cc2)n1. The second-order valence-electron chi connectivity index (χ2n) is 3.99. The van der Waals surface area contributed by atoms with Crippen molar-refractivity contribution in [1.29, 1.82) is 0 Å². The Morgan fingerprint density at radius 3 is 2.59 bits per heavy atom. The number of tetrazole rings is 1. The van der Waals surface area contributed by atoms with Crippen molar-refractivity contribution < 1.29 is 4.39 Å². The van der Waals surface area contributed by atoms with Gasteiger partial charge < -0.3 is 5.73 Å². The maximum atomic E-state index is 12.7. The monoisotopic (exact) mass is 235 g/mol. The van der Waals surface area contributed by atoms with E-state index in [1.54, 1.807) is 19.2 Å². The molecule has 5 nitrogen and oxygen atoms in total. The van der Waals surface area contributed by atoms with Gasteiger partial charge in [-0.15, -0.1) is 10.2 Å². The molecule has 1 heterocycles. The Morgan fingerprint density at radius 1 is 1.29 bits per heavy atom. The Hall–Kier alpha value is -1.82. The zero-order valence-corrected chi connectivity index (χ0v) is 9.55. The van der Waals surface area contributed by atoms with Crippen molar-refractivity contribution in [2.75, 3.05) is 0 Å². The molecule has 2 aromatic rings. The summed E-state index contributed by atoms with van der Waals surface area (Å²) in [6.07, 6.45) is 1.23. The number of halogens is 1. The normalized spacial score (nSPS) is 12.6. The summed E-state index contributed by atoms with van der Waals surface area (Å²) in [6.45, 7) is 0. The number of nitrogens with two attached hydrogens (primary N) is 1. The summed E-state index contributed by atoms with van der Waals surface area (Å²) in [5, 5.41) is 11.7. The van der Waals surface area contributed by atoms with Crippen molar-refractivity contribution in [2.45, 2.75) is 18.9 Å². The summed E-state index contributed by atoms with van der Waals surface area (Å²) in [6, 6.07) is 6.24. The molecule has 17 heavy (non-hydrogen) atoms. The van der Waals surface area contributed by atoms with Crippen molar-refractivity contribution in [1.82, 2.24) is 20.2 Å². The smallest absolute Gasteiger partial charge is 0.176 e. The molecule has 0 radical (unpaired) electrons. The third-order valence-electron chi connectivity index (χ3n) is 2.41. The predicted octanol–water partition coefficient (Wildman–Crippen LogP) is 0.462. The van der Waals surface area contributed by atoms with Gasteiger partial charge in [0.1, 0.15) is 5.82 Å². The van der Waals surface area contributed by atoms with E-state index in [0.29, 0.717) is 18.7 Å². The molecule has 0 aliphatic carbocycles. The molecular weight excluding hydrogens is 221 g/mol. The van der Waals surface area contributed by atoms with E-state index in [1.165, 1.54) is 16.9 Å².